The molecule has 4 rings (SSSR count). The fraction of sp³-hybridized carbons (Fsp3) is 0.310. The van der Waals surface area contributed by atoms with Crippen molar-refractivity contribution in [1.82, 2.24) is 20.5 Å². The van der Waals surface area contributed by atoms with Gasteiger partial charge in [-0.2, -0.15) is 0 Å². The summed E-state index contributed by atoms with van der Waals surface area (Å²) in [5.74, 6) is 0.0769. The van der Waals surface area contributed by atoms with Crippen molar-refractivity contribution >= 4 is 12.0 Å². The van der Waals surface area contributed by atoms with Crippen molar-refractivity contribution in [2.75, 3.05) is 13.1 Å². The van der Waals surface area contributed by atoms with Gasteiger partial charge < -0.3 is 10.6 Å². The van der Waals surface area contributed by atoms with E-state index in [1.54, 1.807) is 12.4 Å². The molecule has 1 aliphatic rings. The van der Waals surface area contributed by atoms with E-state index in [0.717, 1.165) is 31.6 Å². The number of nitrogens with one attached hydrogen (secondary N) is 2. The second-order valence-electron chi connectivity index (χ2n) is 9.11. The van der Waals surface area contributed by atoms with Crippen molar-refractivity contribution < 1.29 is 4.79 Å². The maximum Gasteiger partial charge on any atom is 0.237 e. The van der Waals surface area contributed by atoms with Gasteiger partial charge in [-0.25, -0.2) is 0 Å². The van der Waals surface area contributed by atoms with E-state index in [0.29, 0.717) is 6.54 Å². The standard InChI is InChI=1S/C29H34N4O/c1-22-12-13-23(2)26(16-22)20-31-27-17-28(29(34)32-19-25-10-6-14-30-18-25)33(21-27)15-7-11-24-8-4-3-5-9-24/h3-14,16,18,27-28,31H,15,17,19-21H2,1-2H3,(H,32,34)/b11-7+/t27-,28-/m0/s1. The molecule has 2 aromatic carbocycles. The highest BCUT2D eigenvalue weighted by Gasteiger charge is 2.35. The third-order valence-corrected chi connectivity index (χ3v) is 6.43. The Labute approximate surface area is 202 Å². The van der Waals surface area contributed by atoms with Crippen LogP contribution < -0.4 is 10.6 Å². The van der Waals surface area contributed by atoms with Crippen LogP contribution in [0.15, 0.2) is 79.1 Å². The number of rotatable bonds is 9. The van der Waals surface area contributed by atoms with Crippen LogP contribution in [0.25, 0.3) is 6.08 Å². The van der Waals surface area contributed by atoms with E-state index in [1.807, 2.05) is 30.3 Å². The Kier molecular flexibility index (Phi) is 8.23. The molecule has 0 aliphatic carbocycles. The SMILES string of the molecule is Cc1ccc(C)c(CN[C@H]2C[C@@H](C(=O)NCc3cccnc3)N(C/C=C/c3ccccc3)C2)c1. The van der Waals surface area contributed by atoms with Gasteiger partial charge in [0.1, 0.15) is 0 Å². The molecule has 5 heteroatoms. The molecule has 1 saturated heterocycles. The summed E-state index contributed by atoms with van der Waals surface area (Å²) in [7, 11) is 0. The van der Waals surface area contributed by atoms with Crippen molar-refractivity contribution in [2.45, 2.75) is 45.4 Å². The van der Waals surface area contributed by atoms with Crippen molar-refractivity contribution in [3.05, 3.63) is 107 Å². The Morgan fingerprint density at radius 3 is 2.74 bits per heavy atom. The van der Waals surface area contributed by atoms with E-state index in [4.69, 9.17) is 0 Å². The molecule has 0 unspecified atom stereocenters. The second-order valence-corrected chi connectivity index (χ2v) is 9.11. The summed E-state index contributed by atoms with van der Waals surface area (Å²) in [6.45, 7) is 7.17. The van der Waals surface area contributed by atoms with Crippen molar-refractivity contribution in [3.63, 3.8) is 0 Å². The molecule has 0 spiro atoms. The van der Waals surface area contributed by atoms with E-state index in [-0.39, 0.29) is 18.0 Å². The van der Waals surface area contributed by atoms with Crippen LogP contribution in [-0.2, 0) is 17.9 Å². The minimum Gasteiger partial charge on any atom is -0.351 e. The van der Waals surface area contributed by atoms with Gasteiger partial charge in [-0.05, 0) is 48.6 Å². The lowest BCUT2D eigenvalue weighted by atomic mass is 10.0. The average Bonchev–Trinajstić information content (AvgIpc) is 3.27. The second kappa shape index (κ2) is 11.7. The lowest BCUT2D eigenvalue weighted by molar-refractivity contribution is -0.125. The summed E-state index contributed by atoms with van der Waals surface area (Å²) in [4.78, 5) is 19.6. The zero-order chi connectivity index (χ0) is 23.8. The molecule has 5 nitrogen and oxygen atoms in total. The molecule has 176 valence electrons. The van der Waals surface area contributed by atoms with Gasteiger partial charge in [-0.15, -0.1) is 0 Å². The Morgan fingerprint density at radius 2 is 1.94 bits per heavy atom. The zero-order valence-corrected chi connectivity index (χ0v) is 20.1. The molecular formula is C29H34N4O. The Hall–Kier alpha value is -3.28. The van der Waals surface area contributed by atoms with Gasteiger partial charge in [-0.3, -0.25) is 14.7 Å². The van der Waals surface area contributed by atoms with Crippen LogP contribution in [0.3, 0.4) is 0 Å². The van der Waals surface area contributed by atoms with E-state index < -0.39 is 0 Å². The van der Waals surface area contributed by atoms with Gasteiger partial charge in [0.2, 0.25) is 5.91 Å². The summed E-state index contributed by atoms with van der Waals surface area (Å²) in [6.07, 6.45) is 8.62. The summed E-state index contributed by atoms with van der Waals surface area (Å²) >= 11 is 0. The lowest BCUT2D eigenvalue weighted by Crippen LogP contribution is -2.43. The van der Waals surface area contributed by atoms with Gasteiger partial charge in [0.05, 0.1) is 6.04 Å². The topological polar surface area (TPSA) is 57.3 Å². The Balaban J connectivity index is 1.40. The molecule has 1 fully saturated rings. The van der Waals surface area contributed by atoms with Gasteiger partial charge in [0.15, 0.2) is 0 Å². The maximum atomic E-state index is 13.2. The molecule has 1 amide bonds. The highest BCUT2D eigenvalue weighted by Crippen LogP contribution is 2.20. The largest absolute Gasteiger partial charge is 0.351 e. The minimum absolute atomic E-state index is 0.0769. The highest BCUT2D eigenvalue weighted by molar-refractivity contribution is 5.82. The fourth-order valence-electron chi connectivity index (χ4n) is 4.47. The van der Waals surface area contributed by atoms with E-state index in [9.17, 15) is 4.79 Å². The number of aromatic nitrogens is 1. The molecule has 2 heterocycles. The molecule has 0 bridgehead atoms. The summed E-state index contributed by atoms with van der Waals surface area (Å²) < 4.78 is 0. The zero-order valence-electron chi connectivity index (χ0n) is 20.1. The molecule has 0 radical (unpaired) electrons. The van der Waals surface area contributed by atoms with Crippen LogP contribution in [-0.4, -0.2) is 41.0 Å². The fourth-order valence-corrected chi connectivity index (χ4v) is 4.47. The number of hydrogen-bond donors (Lipinski definition) is 2. The number of hydrogen-bond acceptors (Lipinski definition) is 4. The summed E-state index contributed by atoms with van der Waals surface area (Å²) in [6, 6.07) is 20.8. The maximum absolute atomic E-state index is 13.2. The molecule has 34 heavy (non-hydrogen) atoms. The van der Waals surface area contributed by atoms with Crippen LogP contribution in [0.4, 0.5) is 0 Å². The van der Waals surface area contributed by atoms with Crippen LogP contribution in [0.1, 0.15) is 34.2 Å². The van der Waals surface area contributed by atoms with Crippen molar-refractivity contribution in [3.8, 4) is 0 Å². The molecule has 0 saturated carbocycles. The first-order valence-electron chi connectivity index (χ1n) is 12.0. The van der Waals surface area contributed by atoms with Crippen molar-refractivity contribution in [2.24, 2.45) is 0 Å². The third-order valence-electron chi connectivity index (χ3n) is 6.43. The number of likely N-dealkylation sites (tertiary alicyclic amines) is 1. The molecule has 1 aromatic heterocycles. The van der Waals surface area contributed by atoms with Crippen LogP contribution in [0.2, 0.25) is 0 Å². The summed E-state index contributed by atoms with van der Waals surface area (Å²) in [5.41, 5.74) is 6.07. The minimum atomic E-state index is -0.159. The quantitative estimate of drug-likeness (QED) is 0.507. The first-order chi connectivity index (χ1) is 16.6. The highest BCUT2D eigenvalue weighted by atomic mass is 16.2. The van der Waals surface area contributed by atoms with Gasteiger partial charge in [0, 0.05) is 44.6 Å². The Bertz CT molecular complexity index is 1100. The monoisotopic (exact) mass is 454 g/mol. The first kappa shape index (κ1) is 23.9. The van der Waals surface area contributed by atoms with Crippen LogP contribution >= 0.6 is 0 Å². The number of aryl methyl sites for hydroxylation is 2. The third kappa shape index (κ3) is 6.62. The van der Waals surface area contributed by atoms with E-state index in [2.05, 4.69) is 76.8 Å². The lowest BCUT2D eigenvalue weighted by Gasteiger charge is -2.22. The number of pyridine rings is 1. The number of carbonyl (C=O) groups is 1. The van der Waals surface area contributed by atoms with E-state index >= 15 is 0 Å². The smallest absolute Gasteiger partial charge is 0.237 e. The molecule has 1 aliphatic heterocycles. The normalized spacial score (nSPS) is 18.4. The number of carbonyl (C=O) groups excluding carboxylic acids is 1. The predicted octanol–water partition coefficient (Wildman–Crippen LogP) is 4.26. The predicted molar refractivity (Wildman–Crippen MR) is 138 cm³/mol. The molecule has 3 aromatic rings. The molecule has 2 atom stereocenters. The molecule has 2 N–H and O–H groups in total. The number of benzene rings is 2. The first-order valence-corrected chi connectivity index (χ1v) is 12.0. The van der Waals surface area contributed by atoms with Gasteiger partial charge >= 0.3 is 0 Å². The molecular weight excluding hydrogens is 420 g/mol. The van der Waals surface area contributed by atoms with E-state index in [1.165, 1.54) is 22.3 Å². The number of nitrogens with zero attached hydrogens (tertiary/aromatic N) is 2. The van der Waals surface area contributed by atoms with Gasteiger partial charge in [-0.1, -0.05) is 72.3 Å². The van der Waals surface area contributed by atoms with Crippen molar-refractivity contribution in [1.29, 1.82) is 0 Å². The van der Waals surface area contributed by atoms with Gasteiger partial charge in [0.25, 0.3) is 0 Å². The summed E-state index contributed by atoms with van der Waals surface area (Å²) in [5, 5.41) is 6.82. The number of amides is 1. The van der Waals surface area contributed by atoms with Crippen LogP contribution in [0, 0.1) is 13.8 Å². The average molecular weight is 455 g/mol. The van der Waals surface area contributed by atoms with Crippen LogP contribution in [0.5, 0.6) is 0 Å². The Morgan fingerprint density at radius 1 is 1.09 bits per heavy atom.